The number of amides is 1. The number of hydrogen-bond donors (Lipinski definition) is 0. The van der Waals surface area contributed by atoms with Crippen molar-refractivity contribution in [3.63, 3.8) is 0 Å². The second kappa shape index (κ2) is 9.01. The van der Waals surface area contributed by atoms with E-state index in [1.165, 1.54) is 12.1 Å². The van der Waals surface area contributed by atoms with Gasteiger partial charge in [0.1, 0.15) is 0 Å². The Balaban J connectivity index is 2.01. The maximum Gasteiger partial charge on any atom is 0.277 e. The second-order valence-electron chi connectivity index (χ2n) is 7.70. The zero-order valence-corrected chi connectivity index (χ0v) is 17.2. The first-order valence-electron chi connectivity index (χ1n) is 9.90. The molecule has 1 fully saturated rings. The fourth-order valence-corrected chi connectivity index (χ4v) is 3.66. The van der Waals surface area contributed by atoms with Gasteiger partial charge in [0.25, 0.3) is 5.69 Å². The summed E-state index contributed by atoms with van der Waals surface area (Å²) in [5.41, 5.74) is 3.16. The van der Waals surface area contributed by atoms with Crippen molar-refractivity contribution in [3.05, 3.63) is 69.8 Å². The van der Waals surface area contributed by atoms with E-state index >= 15 is 0 Å². The largest absolute Gasteiger partial charge is 0.337 e. The monoisotopic (exact) mass is 393 g/mol. The van der Waals surface area contributed by atoms with Gasteiger partial charge in [-0.2, -0.15) is 0 Å². The van der Waals surface area contributed by atoms with Crippen molar-refractivity contribution < 1.29 is 9.72 Å². The van der Waals surface area contributed by atoms with Crippen molar-refractivity contribution in [3.8, 4) is 11.1 Å². The zero-order valence-electron chi connectivity index (χ0n) is 17.2. The lowest BCUT2D eigenvalue weighted by atomic mass is 9.89. The number of carbonyl (C=O) groups excluding carboxylic acids is 1. The van der Waals surface area contributed by atoms with Crippen LogP contribution in [0.2, 0.25) is 0 Å². The van der Waals surface area contributed by atoms with Crippen LogP contribution < -0.4 is 0 Å². The van der Waals surface area contributed by atoms with Crippen molar-refractivity contribution in [2.24, 2.45) is 0 Å². The molecule has 1 aliphatic rings. The van der Waals surface area contributed by atoms with Crippen LogP contribution in [-0.4, -0.2) is 53.9 Å². The number of piperazine rings is 1. The fraction of sp³-hybridized carbons (Fsp3) is 0.348. The zero-order chi connectivity index (χ0) is 21.0. The number of nitrogens with zero attached hydrogens (tertiary/aromatic N) is 3. The molecule has 2 aromatic carbocycles. The lowest BCUT2D eigenvalue weighted by Crippen LogP contribution is -2.46. The number of nitro groups is 1. The molecule has 0 spiro atoms. The van der Waals surface area contributed by atoms with Gasteiger partial charge < -0.3 is 9.80 Å². The van der Waals surface area contributed by atoms with Gasteiger partial charge >= 0.3 is 0 Å². The van der Waals surface area contributed by atoms with E-state index in [2.05, 4.69) is 18.7 Å². The van der Waals surface area contributed by atoms with Gasteiger partial charge in [-0.05, 0) is 35.7 Å². The Bertz CT molecular complexity index is 929. The van der Waals surface area contributed by atoms with Gasteiger partial charge in [0.2, 0.25) is 5.91 Å². The molecule has 6 heteroatoms. The SMILES string of the molecule is CC(C)c1ccccc1-c1c(C=CC(=O)N2CCN(C)CC2)cccc1[N+](=O)[O-]. The van der Waals surface area contributed by atoms with E-state index < -0.39 is 0 Å². The molecule has 0 bridgehead atoms. The highest BCUT2D eigenvalue weighted by Gasteiger charge is 2.22. The van der Waals surface area contributed by atoms with Crippen LogP contribution in [0.5, 0.6) is 0 Å². The van der Waals surface area contributed by atoms with Crippen LogP contribution in [0.15, 0.2) is 48.5 Å². The molecule has 1 saturated heterocycles. The molecular weight excluding hydrogens is 366 g/mol. The van der Waals surface area contributed by atoms with Gasteiger partial charge in [-0.1, -0.05) is 50.2 Å². The minimum Gasteiger partial charge on any atom is -0.337 e. The Morgan fingerprint density at radius 1 is 1.07 bits per heavy atom. The number of rotatable bonds is 5. The molecule has 0 atom stereocenters. The molecule has 0 saturated carbocycles. The molecule has 152 valence electrons. The average molecular weight is 393 g/mol. The van der Waals surface area contributed by atoms with E-state index in [9.17, 15) is 14.9 Å². The van der Waals surface area contributed by atoms with Crippen LogP contribution in [0.25, 0.3) is 17.2 Å². The molecule has 1 aliphatic heterocycles. The van der Waals surface area contributed by atoms with Gasteiger partial charge in [-0.15, -0.1) is 0 Å². The highest BCUT2D eigenvalue weighted by atomic mass is 16.6. The van der Waals surface area contributed by atoms with Gasteiger partial charge in [0.15, 0.2) is 0 Å². The first-order valence-corrected chi connectivity index (χ1v) is 9.90. The maximum absolute atomic E-state index is 12.6. The molecule has 0 unspecified atom stereocenters. The summed E-state index contributed by atoms with van der Waals surface area (Å²) in [6.45, 7) is 7.22. The third-order valence-electron chi connectivity index (χ3n) is 5.34. The van der Waals surface area contributed by atoms with Crippen LogP contribution >= 0.6 is 0 Å². The molecule has 1 heterocycles. The van der Waals surface area contributed by atoms with Crippen molar-refractivity contribution >= 4 is 17.7 Å². The normalized spacial score (nSPS) is 15.2. The first-order chi connectivity index (χ1) is 13.9. The lowest BCUT2D eigenvalue weighted by Gasteiger charge is -2.31. The summed E-state index contributed by atoms with van der Waals surface area (Å²) in [7, 11) is 2.04. The Kier molecular flexibility index (Phi) is 6.44. The standard InChI is InChI=1S/C23H27N3O3/c1-17(2)19-8-4-5-9-20(19)23-18(7-6-10-21(23)26(28)29)11-12-22(27)25-15-13-24(3)14-16-25/h4-12,17H,13-16H2,1-3H3. The Labute approximate surface area is 171 Å². The molecular formula is C23H27N3O3. The molecule has 0 aromatic heterocycles. The van der Waals surface area contributed by atoms with Gasteiger partial charge in [0, 0.05) is 38.3 Å². The summed E-state index contributed by atoms with van der Waals surface area (Å²) in [4.78, 5) is 28.0. The first kappa shape index (κ1) is 20.7. The van der Waals surface area contributed by atoms with E-state index in [1.54, 1.807) is 12.1 Å². The lowest BCUT2D eigenvalue weighted by molar-refractivity contribution is -0.384. The van der Waals surface area contributed by atoms with Crippen LogP contribution in [0.4, 0.5) is 5.69 Å². The van der Waals surface area contributed by atoms with E-state index in [4.69, 9.17) is 0 Å². The van der Waals surface area contributed by atoms with Gasteiger partial charge in [-0.25, -0.2) is 0 Å². The minimum atomic E-state index is -0.355. The van der Waals surface area contributed by atoms with Crippen molar-refractivity contribution in [2.75, 3.05) is 33.2 Å². The van der Waals surface area contributed by atoms with E-state index in [1.807, 2.05) is 42.3 Å². The third-order valence-corrected chi connectivity index (χ3v) is 5.34. The Hall–Kier alpha value is -2.99. The van der Waals surface area contributed by atoms with E-state index in [-0.39, 0.29) is 22.4 Å². The second-order valence-corrected chi connectivity index (χ2v) is 7.70. The maximum atomic E-state index is 12.6. The predicted octanol–water partition coefficient (Wildman–Crippen LogP) is 4.17. The molecule has 29 heavy (non-hydrogen) atoms. The number of nitro benzene ring substituents is 1. The quantitative estimate of drug-likeness (QED) is 0.434. The summed E-state index contributed by atoms with van der Waals surface area (Å²) < 4.78 is 0. The molecule has 3 rings (SSSR count). The van der Waals surface area contributed by atoms with Crippen LogP contribution in [0, 0.1) is 10.1 Å². The van der Waals surface area contributed by atoms with Gasteiger partial charge in [0.05, 0.1) is 10.5 Å². The minimum absolute atomic E-state index is 0.0484. The topological polar surface area (TPSA) is 66.7 Å². The van der Waals surface area contributed by atoms with Crippen LogP contribution in [0.1, 0.15) is 30.9 Å². The van der Waals surface area contributed by atoms with E-state index in [0.29, 0.717) is 24.2 Å². The number of carbonyl (C=O) groups is 1. The molecule has 0 aliphatic carbocycles. The molecule has 0 radical (unpaired) electrons. The number of likely N-dealkylation sites (N-methyl/N-ethyl adjacent to an activating group) is 1. The molecule has 6 nitrogen and oxygen atoms in total. The number of hydrogen-bond acceptors (Lipinski definition) is 4. The average Bonchev–Trinajstić information content (AvgIpc) is 2.72. The summed E-state index contributed by atoms with van der Waals surface area (Å²) >= 11 is 0. The fourth-order valence-electron chi connectivity index (χ4n) is 3.66. The third kappa shape index (κ3) is 4.71. The molecule has 1 amide bonds. The number of benzene rings is 2. The molecule has 0 N–H and O–H groups in total. The summed E-state index contributed by atoms with van der Waals surface area (Å²) in [6, 6.07) is 12.8. The van der Waals surface area contributed by atoms with Gasteiger partial charge in [-0.3, -0.25) is 14.9 Å². The van der Waals surface area contributed by atoms with Crippen LogP contribution in [-0.2, 0) is 4.79 Å². The van der Waals surface area contributed by atoms with Crippen LogP contribution in [0.3, 0.4) is 0 Å². The molecule has 2 aromatic rings. The highest BCUT2D eigenvalue weighted by Crippen LogP contribution is 2.38. The highest BCUT2D eigenvalue weighted by molar-refractivity contribution is 5.94. The predicted molar refractivity (Wildman–Crippen MR) is 116 cm³/mol. The van der Waals surface area contributed by atoms with Crippen molar-refractivity contribution in [1.29, 1.82) is 0 Å². The smallest absolute Gasteiger partial charge is 0.277 e. The van der Waals surface area contributed by atoms with Crippen molar-refractivity contribution in [2.45, 2.75) is 19.8 Å². The summed E-state index contributed by atoms with van der Waals surface area (Å²) in [5.74, 6) is 0.155. The summed E-state index contributed by atoms with van der Waals surface area (Å²) in [6.07, 6.45) is 3.24. The Morgan fingerprint density at radius 3 is 2.41 bits per heavy atom. The summed E-state index contributed by atoms with van der Waals surface area (Å²) in [5, 5.41) is 11.7. The van der Waals surface area contributed by atoms with Crippen molar-refractivity contribution in [1.82, 2.24) is 9.80 Å². The Morgan fingerprint density at radius 2 is 1.76 bits per heavy atom. The van der Waals surface area contributed by atoms with E-state index in [0.717, 1.165) is 24.2 Å².